The molecule has 0 aliphatic heterocycles. The van der Waals surface area contributed by atoms with E-state index >= 15 is 0 Å². The average Bonchev–Trinajstić information content (AvgIpc) is 2.91. The zero-order valence-electron chi connectivity index (χ0n) is 13.5. The number of rotatable bonds is 5. The summed E-state index contributed by atoms with van der Waals surface area (Å²) in [6, 6.07) is 12.8. The SMILES string of the molecule is Cc1cn(N=Cc2cc(Cl)ccc2OCc2ccc(Cl)cc2)c(N)n1. The number of aryl methyl sites for hydroxylation is 1. The summed E-state index contributed by atoms with van der Waals surface area (Å²) in [5.74, 6) is 0.984. The maximum absolute atomic E-state index is 6.09. The molecule has 0 bridgehead atoms. The molecule has 0 saturated carbocycles. The summed E-state index contributed by atoms with van der Waals surface area (Å²) in [6.45, 7) is 2.26. The van der Waals surface area contributed by atoms with Crippen LogP contribution in [0.3, 0.4) is 0 Å². The minimum absolute atomic E-state index is 0.319. The molecule has 1 aromatic heterocycles. The zero-order chi connectivity index (χ0) is 17.8. The normalized spacial score (nSPS) is 11.2. The summed E-state index contributed by atoms with van der Waals surface area (Å²) < 4.78 is 7.39. The molecule has 0 aliphatic carbocycles. The number of nitrogens with two attached hydrogens (primary N) is 1. The van der Waals surface area contributed by atoms with Gasteiger partial charge in [-0.3, -0.25) is 0 Å². The molecular formula is C18H16Cl2N4O. The number of nitrogens with zero attached hydrogens (tertiary/aromatic N) is 3. The fraction of sp³-hybridized carbons (Fsp3) is 0.111. The van der Waals surface area contributed by atoms with E-state index in [9.17, 15) is 0 Å². The Morgan fingerprint density at radius 1 is 1.16 bits per heavy atom. The minimum Gasteiger partial charge on any atom is -0.488 e. The van der Waals surface area contributed by atoms with Crippen LogP contribution in [0.4, 0.5) is 5.95 Å². The van der Waals surface area contributed by atoms with Crippen molar-refractivity contribution in [2.75, 3.05) is 5.73 Å². The lowest BCUT2D eigenvalue weighted by Crippen LogP contribution is -2.00. The number of aromatic nitrogens is 2. The van der Waals surface area contributed by atoms with Crippen LogP contribution in [0.15, 0.2) is 53.8 Å². The van der Waals surface area contributed by atoms with Gasteiger partial charge in [0, 0.05) is 15.6 Å². The third-order valence-electron chi connectivity index (χ3n) is 3.44. The van der Waals surface area contributed by atoms with E-state index in [-0.39, 0.29) is 0 Å². The second-order valence-electron chi connectivity index (χ2n) is 5.43. The fourth-order valence-electron chi connectivity index (χ4n) is 2.21. The Bertz CT molecular complexity index is 904. The first-order valence-electron chi connectivity index (χ1n) is 7.54. The van der Waals surface area contributed by atoms with Crippen molar-refractivity contribution in [1.82, 2.24) is 9.66 Å². The van der Waals surface area contributed by atoms with Gasteiger partial charge >= 0.3 is 0 Å². The number of hydrogen-bond acceptors (Lipinski definition) is 4. The number of imidazole rings is 1. The molecule has 3 rings (SSSR count). The van der Waals surface area contributed by atoms with Crippen molar-refractivity contribution in [2.24, 2.45) is 5.10 Å². The second kappa shape index (κ2) is 7.59. The van der Waals surface area contributed by atoms with Crippen LogP contribution in [0.25, 0.3) is 0 Å². The van der Waals surface area contributed by atoms with Gasteiger partial charge in [0.25, 0.3) is 0 Å². The van der Waals surface area contributed by atoms with Crippen LogP contribution in [-0.2, 0) is 6.61 Å². The molecule has 5 nitrogen and oxygen atoms in total. The lowest BCUT2D eigenvalue weighted by Gasteiger charge is -2.10. The maximum atomic E-state index is 6.09. The van der Waals surface area contributed by atoms with E-state index in [1.165, 1.54) is 4.68 Å². The van der Waals surface area contributed by atoms with Gasteiger partial charge in [-0.05, 0) is 42.8 Å². The van der Waals surface area contributed by atoms with E-state index in [0.29, 0.717) is 28.3 Å². The maximum Gasteiger partial charge on any atom is 0.221 e. The molecule has 0 aliphatic rings. The molecule has 0 unspecified atom stereocenters. The summed E-state index contributed by atoms with van der Waals surface area (Å²) in [7, 11) is 0. The topological polar surface area (TPSA) is 65.4 Å². The van der Waals surface area contributed by atoms with Gasteiger partial charge in [-0.1, -0.05) is 35.3 Å². The number of nitrogen functional groups attached to an aromatic ring is 1. The molecule has 0 atom stereocenters. The van der Waals surface area contributed by atoms with Gasteiger partial charge in [0.2, 0.25) is 5.95 Å². The molecule has 0 saturated heterocycles. The first kappa shape index (κ1) is 17.3. The smallest absolute Gasteiger partial charge is 0.221 e. The van der Waals surface area contributed by atoms with Crippen molar-refractivity contribution < 1.29 is 4.74 Å². The van der Waals surface area contributed by atoms with Crippen molar-refractivity contribution >= 4 is 35.4 Å². The largest absolute Gasteiger partial charge is 0.488 e. The molecule has 0 fully saturated rings. The molecule has 0 radical (unpaired) electrons. The lowest BCUT2D eigenvalue weighted by atomic mass is 10.2. The summed E-state index contributed by atoms with van der Waals surface area (Å²) in [5, 5.41) is 5.60. The monoisotopic (exact) mass is 374 g/mol. The molecule has 25 heavy (non-hydrogen) atoms. The van der Waals surface area contributed by atoms with E-state index in [1.54, 1.807) is 24.5 Å². The Balaban J connectivity index is 1.80. The van der Waals surface area contributed by atoms with Crippen molar-refractivity contribution in [1.29, 1.82) is 0 Å². The summed E-state index contributed by atoms with van der Waals surface area (Å²) in [6.07, 6.45) is 3.38. The highest BCUT2D eigenvalue weighted by Crippen LogP contribution is 2.23. The highest BCUT2D eigenvalue weighted by molar-refractivity contribution is 6.31. The second-order valence-corrected chi connectivity index (χ2v) is 6.30. The molecule has 2 aromatic carbocycles. The minimum atomic E-state index is 0.319. The lowest BCUT2D eigenvalue weighted by molar-refractivity contribution is 0.306. The molecule has 7 heteroatoms. The van der Waals surface area contributed by atoms with E-state index in [1.807, 2.05) is 37.3 Å². The fourth-order valence-corrected chi connectivity index (χ4v) is 2.52. The number of anilines is 1. The highest BCUT2D eigenvalue weighted by atomic mass is 35.5. The number of ether oxygens (including phenoxy) is 1. The molecule has 128 valence electrons. The van der Waals surface area contributed by atoms with Gasteiger partial charge in [0.15, 0.2) is 0 Å². The number of benzene rings is 2. The Hall–Kier alpha value is -2.50. The molecule has 0 amide bonds. The van der Waals surface area contributed by atoms with Crippen LogP contribution in [0.2, 0.25) is 10.0 Å². The molecule has 1 heterocycles. The molecule has 2 N–H and O–H groups in total. The van der Waals surface area contributed by atoms with Gasteiger partial charge in [-0.15, -0.1) is 0 Å². The van der Waals surface area contributed by atoms with Crippen molar-refractivity contribution in [3.8, 4) is 5.75 Å². The number of halogens is 2. The van der Waals surface area contributed by atoms with Gasteiger partial charge in [-0.25, -0.2) is 9.66 Å². The standard InChI is InChI=1S/C18H16Cl2N4O/c1-12-10-24(18(21)23-12)22-9-14-8-16(20)6-7-17(14)25-11-13-2-4-15(19)5-3-13/h2-10H,11H2,1H3,(H2,21,23). The van der Waals surface area contributed by atoms with E-state index in [4.69, 9.17) is 33.7 Å². The van der Waals surface area contributed by atoms with Gasteiger partial charge in [0.05, 0.1) is 18.1 Å². The van der Waals surface area contributed by atoms with Gasteiger partial charge < -0.3 is 10.5 Å². The average molecular weight is 375 g/mol. The van der Waals surface area contributed by atoms with Crippen molar-refractivity contribution in [3.63, 3.8) is 0 Å². The molecule has 0 spiro atoms. The van der Waals surface area contributed by atoms with Gasteiger partial charge in [-0.2, -0.15) is 5.10 Å². The van der Waals surface area contributed by atoms with Crippen LogP contribution in [-0.4, -0.2) is 15.9 Å². The third-order valence-corrected chi connectivity index (χ3v) is 3.92. The number of hydrogen-bond donors (Lipinski definition) is 1. The highest BCUT2D eigenvalue weighted by Gasteiger charge is 2.05. The van der Waals surface area contributed by atoms with E-state index in [2.05, 4.69) is 10.1 Å². The third kappa shape index (κ3) is 4.53. The van der Waals surface area contributed by atoms with Gasteiger partial charge in [0.1, 0.15) is 12.4 Å². The Morgan fingerprint density at radius 2 is 1.88 bits per heavy atom. The summed E-state index contributed by atoms with van der Waals surface area (Å²) in [4.78, 5) is 4.11. The molecule has 3 aromatic rings. The van der Waals surface area contributed by atoms with Crippen LogP contribution in [0.5, 0.6) is 5.75 Å². The van der Waals surface area contributed by atoms with Crippen molar-refractivity contribution in [3.05, 3.63) is 75.5 Å². The predicted octanol–water partition coefficient (Wildman–Crippen LogP) is 4.54. The predicted molar refractivity (Wildman–Crippen MR) is 102 cm³/mol. The van der Waals surface area contributed by atoms with E-state index < -0.39 is 0 Å². The summed E-state index contributed by atoms with van der Waals surface area (Å²) >= 11 is 12.0. The molecular weight excluding hydrogens is 359 g/mol. The van der Waals surface area contributed by atoms with Crippen molar-refractivity contribution in [2.45, 2.75) is 13.5 Å². The first-order valence-corrected chi connectivity index (χ1v) is 8.29. The van der Waals surface area contributed by atoms with Crippen LogP contribution < -0.4 is 10.5 Å². The quantitative estimate of drug-likeness (QED) is 0.666. The first-order chi connectivity index (χ1) is 12.0. The van der Waals surface area contributed by atoms with Crippen LogP contribution in [0, 0.1) is 6.92 Å². The van der Waals surface area contributed by atoms with Crippen LogP contribution >= 0.6 is 23.2 Å². The van der Waals surface area contributed by atoms with Crippen LogP contribution in [0.1, 0.15) is 16.8 Å². The van der Waals surface area contributed by atoms with E-state index in [0.717, 1.165) is 16.8 Å². The zero-order valence-corrected chi connectivity index (χ0v) is 15.0. The Kier molecular flexibility index (Phi) is 5.26. The Labute approximate surface area is 155 Å². The summed E-state index contributed by atoms with van der Waals surface area (Å²) in [5.41, 5.74) is 8.34. The Morgan fingerprint density at radius 3 is 2.56 bits per heavy atom.